The number of nitrogens with one attached hydrogen (secondary N) is 1. The molecule has 0 heterocycles. The molecule has 0 radical (unpaired) electrons. The van der Waals surface area contributed by atoms with Crippen LogP contribution in [0, 0.1) is 5.82 Å². The van der Waals surface area contributed by atoms with E-state index in [1.807, 2.05) is 0 Å². The first-order chi connectivity index (χ1) is 8.62. The average molecular weight is 308 g/mol. The van der Waals surface area contributed by atoms with Crippen molar-refractivity contribution in [3.63, 3.8) is 0 Å². The second kappa shape index (κ2) is 5.88. The summed E-state index contributed by atoms with van der Waals surface area (Å²) in [5, 5.41) is 1.37. The third-order valence-electron chi connectivity index (χ3n) is 2.81. The van der Waals surface area contributed by atoms with E-state index in [2.05, 4.69) is 5.32 Å². The Kier molecular flexibility index (Phi) is 4.92. The largest absolute Gasteiger partial charge is 0.348 e. The van der Waals surface area contributed by atoms with Crippen LogP contribution in [0.1, 0.15) is 25.5 Å². The van der Waals surface area contributed by atoms with Crippen molar-refractivity contribution in [3.8, 4) is 0 Å². The van der Waals surface area contributed by atoms with Crippen LogP contribution in [0.25, 0.3) is 0 Å². The lowest BCUT2D eigenvalue weighted by Gasteiger charge is -2.17. The van der Waals surface area contributed by atoms with Gasteiger partial charge in [-0.15, -0.1) is 0 Å². The minimum atomic E-state index is -3.44. The maximum Gasteiger partial charge on any atom is 0.238 e. The molecular formula is C12H15ClFNO3S. The fourth-order valence-electron chi connectivity index (χ4n) is 1.39. The Morgan fingerprint density at radius 2 is 1.95 bits per heavy atom. The van der Waals surface area contributed by atoms with Gasteiger partial charge in [-0.05, 0) is 31.5 Å². The normalized spacial score (nSPS) is 14.8. The number of benzene rings is 1. The van der Waals surface area contributed by atoms with Gasteiger partial charge >= 0.3 is 0 Å². The highest BCUT2D eigenvalue weighted by Crippen LogP contribution is 2.20. The fraction of sp³-hybridized carbons (Fsp3) is 0.417. The summed E-state index contributed by atoms with van der Waals surface area (Å²) in [5.41, 5.74) is 0.598. The molecule has 1 aromatic rings. The van der Waals surface area contributed by atoms with Crippen molar-refractivity contribution < 1.29 is 17.6 Å². The lowest BCUT2D eigenvalue weighted by molar-refractivity contribution is -0.121. The molecule has 0 bridgehead atoms. The monoisotopic (exact) mass is 307 g/mol. The molecule has 0 aliphatic carbocycles. The summed E-state index contributed by atoms with van der Waals surface area (Å²) in [6.45, 7) is 2.98. The van der Waals surface area contributed by atoms with E-state index < -0.39 is 32.9 Å². The second-order valence-electron chi connectivity index (χ2n) is 4.38. The first-order valence-corrected chi connectivity index (χ1v) is 7.90. The fourth-order valence-corrected chi connectivity index (χ4v) is 2.04. The number of halogens is 2. The van der Waals surface area contributed by atoms with E-state index in [-0.39, 0.29) is 5.02 Å². The van der Waals surface area contributed by atoms with Gasteiger partial charge in [-0.25, -0.2) is 12.8 Å². The number of hydrogen-bond acceptors (Lipinski definition) is 3. The van der Waals surface area contributed by atoms with Crippen molar-refractivity contribution in [2.45, 2.75) is 25.1 Å². The van der Waals surface area contributed by atoms with Crippen molar-refractivity contribution in [2.24, 2.45) is 0 Å². The Balaban J connectivity index is 2.82. The molecule has 1 N–H and O–H groups in total. The van der Waals surface area contributed by atoms with E-state index in [0.717, 1.165) is 6.26 Å². The maximum absolute atomic E-state index is 13.0. The molecule has 2 atom stereocenters. The summed E-state index contributed by atoms with van der Waals surface area (Å²) in [4.78, 5) is 11.7. The lowest BCUT2D eigenvalue weighted by Crippen LogP contribution is -2.38. The number of sulfone groups is 1. The van der Waals surface area contributed by atoms with Crippen molar-refractivity contribution in [2.75, 3.05) is 6.26 Å². The zero-order valence-electron chi connectivity index (χ0n) is 10.8. The molecule has 1 rings (SSSR count). The molecular weight excluding hydrogens is 293 g/mol. The van der Waals surface area contributed by atoms with Gasteiger partial charge in [0.1, 0.15) is 11.1 Å². The van der Waals surface area contributed by atoms with Gasteiger partial charge in [0.25, 0.3) is 0 Å². The van der Waals surface area contributed by atoms with Gasteiger partial charge in [0.05, 0.1) is 11.1 Å². The number of carbonyl (C=O) groups is 1. The first kappa shape index (κ1) is 15.9. The van der Waals surface area contributed by atoms with E-state index in [9.17, 15) is 17.6 Å². The highest BCUT2D eigenvalue weighted by Gasteiger charge is 2.24. The quantitative estimate of drug-likeness (QED) is 0.926. The van der Waals surface area contributed by atoms with E-state index in [4.69, 9.17) is 11.6 Å². The van der Waals surface area contributed by atoms with Crippen molar-refractivity contribution in [1.29, 1.82) is 0 Å². The molecule has 0 unspecified atom stereocenters. The van der Waals surface area contributed by atoms with Crippen LogP contribution in [-0.2, 0) is 14.6 Å². The van der Waals surface area contributed by atoms with Gasteiger partial charge in [0.2, 0.25) is 5.91 Å². The van der Waals surface area contributed by atoms with Crippen LogP contribution in [-0.4, -0.2) is 25.8 Å². The number of rotatable bonds is 4. The van der Waals surface area contributed by atoms with E-state index in [1.54, 1.807) is 6.92 Å². The van der Waals surface area contributed by atoms with Crippen LogP contribution >= 0.6 is 11.6 Å². The van der Waals surface area contributed by atoms with Crippen LogP contribution in [0.4, 0.5) is 4.39 Å². The van der Waals surface area contributed by atoms with Gasteiger partial charge in [-0.1, -0.05) is 17.7 Å². The molecule has 0 aromatic heterocycles. The maximum atomic E-state index is 13.0. The summed E-state index contributed by atoms with van der Waals surface area (Å²) in [6, 6.07) is 3.61. The third-order valence-corrected chi connectivity index (χ3v) is 4.60. The molecule has 106 valence electrons. The Labute approximate surface area is 116 Å². The van der Waals surface area contributed by atoms with Gasteiger partial charge < -0.3 is 5.32 Å². The van der Waals surface area contributed by atoms with E-state index in [0.29, 0.717) is 5.56 Å². The molecule has 1 aromatic carbocycles. The standard InChI is InChI=1S/C12H15ClFNO3S/c1-7(9-4-5-11(14)10(13)6-9)15-12(16)8(2)19(3,17)18/h4-8H,1-3H3,(H,15,16)/t7-,8-/m1/s1. The topological polar surface area (TPSA) is 63.2 Å². The highest BCUT2D eigenvalue weighted by molar-refractivity contribution is 7.92. The van der Waals surface area contributed by atoms with Gasteiger partial charge in [0.15, 0.2) is 9.84 Å². The summed E-state index contributed by atoms with van der Waals surface area (Å²) >= 11 is 5.65. The molecule has 0 aliphatic heterocycles. The zero-order chi connectivity index (χ0) is 14.8. The van der Waals surface area contributed by atoms with Crippen molar-refractivity contribution >= 4 is 27.3 Å². The Morgan fingerprint density at radius 1 is 1.37 bits per heavy atom. The summed E-state index contributed by atoms with van der Waals surface area (Å²) in [7, 11) is -3.44. The first-order valence-electron chi connectivity index (χ1n) is 5.57. The molecule has 19 heavy (non-hydrogen) atoms. The predicted molar refractivity (Wildman–Crippen MR) is 72.3 cm³/mol. The Hall–Kier alpha value is -1.14. The summed E-state index contributed by atoms with van der Waals surface area (Å²) in [5.74, 6) is -1.15. The minimum absolute atomic E-state index is 0.0465. The second-order valence-corrected chi connectivity index (χ2v) is 7.15. The van der Waals surface area contributed by atoms with E-state index in [1.165, 1.54) is 25.1 Å². The molecule has 0 aliphatic rings. The lowest BCUT2D eigenvalue weighted by atomic mass is 10.1. The smallest absolute Gasteiger partial charge is 0.238 e. The molecule has 7 heteroatoms. The van der Waals surface area contributed by atoms with Crippen LogP contribution in [0.15, 0.2) is 18.2 Å². The minimum Gasteiger partial charge on any atom is -0.348 e. The van der Waals surface area contributed by atoms with Crippen LogP contribution in [0.3, 0.4) is 0 Å². The highest BCUT2D eigenvalue weighted by atomic mass is 35.5. The SMILES string of the molecule is C[C@H](C(=O)N[C@H](C)c1ccc(F)c(Cl)c1)S(C)(=O)=O. The number of amides is 1. The molecule has 0 spiro atoms. The Morgan fingerprint density at radius 3 is 2.42 bits per heavy atom. The molecule has 0 saturated carbocycles. The predicted octanol–water partition coefficient (Wildman–Crippen LogP) is 2.09. The van der Waals surface area contributed by atoms with Gasteiger partial charge in [-0.2, -0.15) is 0 Å². The molecule has 0 saturated heterocycles. The third kappa shape index (κ3) is 4.18. The molecule has 1 amide bonds. The van der Waals surface area contributed by atoms with Crippen LogP contribution in [0.5, 0.6) is 0 Å². The van der Waals surface area contributed by atoms with Crippen molar-refractivity contribution in [1.82, 2.24) is 5.32 Å². The average Bonchev–Trinajstić information content (AvgIpc) is 2.30. The van der Waals surface area contributed by atoms with Gasteiger partial charge in [0, 0.05) is 6.26 Å². The number of carbonyl (C=O) groups excluding carboxylic acids is 1. The van der Waals surface area contributed by atoms with Crippen LogP contribution in [0.2, 0.25) is 5.02 Å². The Bertz CT molecular complexity index is 589. The van der Waals surface area contributed by atoms with Crippen LogP contribution < -0.4 is 5.32 Å². The molecule has 0 fully saturated rings. The summed E-state index contributed by atoms with van der Waals surface area (Å²) < 4.78 is 35.5. The van der Waals surface area contributed by atoms with E-state index >= 15 is 0 Å². The van der Waals surface area contributed by atoms with Gasteiger partial charge in [-0.3, -0.25) is 4.79 Å². The molecule has 4 nitrogen and oxygen atoms in total. The zero-order valence-corrected chi connectivity index (χ0v) is 12.3. The van der Waals surface area contributed by atoms with Crippen molar-refractivity contribution in [3.05, 3.63) is 34.6 Å². The number of hydrogen-bond donors (Lipinski definition) is 1. The summed E-state index contributed by atoms with van der Waals surface area (Å²) in [6.07, 6.45) is 0.997.